The Hall–Kier alpha value is -2.68. The fourth-order valence-electron chi connectivity index (χ4n) is 4.45. The lowest BCUT2D eigenvalue weighted by Gasteiger charge is -2.36. The van der Waals surface area contributed by atoms with Crippen LogP contribution in [0.1, 0.15) is 48.9 Å². The van der Waals surface area contributed by atoms with Gasteiger partial charge in [-0.05, 0) is 37.8 Å². The molecule has 0 bridgehead atoms. The Bertz CT molecular complexity index is 827. The van der Waals surface area contributed by atoms with Crippen LogP contribution >= 0.6 is 0 Å². The number of anilines is 1. The lowest BCUT2D eigenvalue weighted by molar-refractivity contribution is -0.384. The molecule has 3 fully saturated rings. The van der Waals surface area contributed by atoms with Crippen LogP contribution in [0.4, 0.5) is 11.4 Å². The number of nitro benzene ring substituents is 1. The van der Waals surface area contributed by atoms with E-state index in [-0.39, 0.29) is 17.5 Å². The Balaban J connectivity index is 1.22. The molecule has 4 rings (SSSR count). The Morgan fingerprint density at radius 2 is 1.77 bits per heavy atom. The SMILES string of the molecule is O=C(NCCN1CCN(C(=O)C2CCCC2)CC1)c1ccc(NC2CC2)c([N+](=O)[O-])c1. The molecule has 1 heterocycles. The molecule has 0 unspecified atom stereocenters. The average Bonchev–Trinajstić information content (AvgIpc) is 3.42. The molecule has 0 atom stereocenters. The van der Waals surface area contributed by atoms with Crippen LogP contribution in [0.15, 0.2) is 18.2 Å². The van der Waals surface area contributed by atoms with Gasteiger partial charge in [0.2, 0.25) is 5.91 Å². The van der Waals surface area contributed by atoms with Crippen molar-refractivity contribution < 1.29 is 14.5 Å². The van der Waals surface area contributed by atoms with E-state index >= 15 is 0 Å². The number of hydrogen-bond acceptors (Lipinski definition) is 6. The van der Waals surface area contributed by atoms with Gasteiger partial charge >= 0.3 is 0 Å². The summed E-state index contributed by atoms with van der Waals surface area (Å²) in [5.74, 6) is 0.226. The Kier molecular flexibility index (Phi) is 6.70. The van der Waals surface area contributed by atoms with Gasteiger partial charge in [0.15, 0.2) is 0 Å². The van der Waals surface area contributed by atoms with Crippen molar-refractivity contribution in [1.82, 2.24) is 15.1 Å². The number of carbonyl (C=O) groups excluding carboxylic acids is 2. The van der Waals surface area contributed by atoms with Crippen molar-refractivity contribution in [2.75, 3.05) is 44.6 Å². The molecule has 31 heavy (non-hydrogen) atoms. The van der Waals surface area contributed by atoms with Gasteiger partial charge in [0.25, 0.3) is 11.6 Å². The van der Waals surface area contributed by atoms with Crippen molar-refractivity contribution in [2.45, 2.75) is 44.6 Å². The van der Waals surface area contributed by atoms with Crippen molar-refractivity contribution in [2.24, 2.45) is 5.92 Å². The van der Waals surface area contributed by atoms with Gasteiger partial charge in [0.05, 0.1) is 4.92 Å². The van der Waals surface area contributed by atoms with E-state index in [1.54, 1.807) is 12.1 Å². The normalized spacial score (nSPS) is 19.9. The zero-order valence-electron chi connectivity index (χ0n) is 17.8. The Labute approximate surface area is 182 Å². The number of rotatable bonds is 8. The highest BCUT2D eigenvalue weighted by Gasteiger charge is 2.29. The summed E-state index contributed by atoms with van der Waals surface area (Å²) < 4.78 is 0. The van der Waals surface area contributed by atoms with E-state index in [0.717, 1.165) is 51.9 Å². The highest BCUT2D eigenvalue weighted by atomic mass is 16.6. The summed E-state index contributed by atoms with van der Waals surface area (Å²) in [6.07, 6.45) is 6.42. The maximum Gasteiger partial charge on any atom is 0.293 e. The van der Waals surface area contributed by atoms with Crippen molar-refractivity contribution in [1.29, 1.82) is 0 Å². The number of nitrogens with one attached hydrogen (secondary N) is 2. The van der Waals surface area contributed by atoms with E-state index in [2.05, 4.69) is 15.5 Å². The van der Waals surface area contributed by atoms with Crippen molar-refractivity contribution >= 4 is 23.2 Å². The quantitative estimate of drug-likeness (QED) is 0.485. The first-order valence-corrected chi connectivity index (χ1v) is 11.4. The van der Waals surface area contributed by atoms with Crippen LogP contribution in [0.5, 0.6) is 0 Å². The van der Waals surface area contributed by atoms with Crippen LogP contribution in [0.25, 0.3) is 0 Å². The Morgan fingerprint density at radius 1 is 1.06 bits per heavy atom. The zero-order chi connectivity index (χ0) is 21.8. The molecular formula is C22H31N5O4. The monoisotopic (exact) mass is 429 g/mol. The molecule has 2 amide bonds. The summed E-state index contributed by atoms with van der Waals surface area (Å²) in [5.41, 5.74) is 0.691. The summed E-state index contributed by atoms with van der Waals surface area (Å²) in [4.78, 5) is 40.2. The second kappa shape index (κ2) is 9.64. The minimum absolute atomic E-state index is 0.0670. The van der Waals surface area contributed by atoms with Crippen LogP contribution < -0.4 is 10.6 Å². The van der Waals surface area contributed by atoms with Crippen molar-refractivity contribution in [3.63, 3.8) is 0 Å². The highest BCUT2D eigenvalue weighted by Crippen LogP contribution is 2.31. The number of nitrogens with zero attached hydrogens (tertiary/aromatic N) is 3. The van der Waals surface area contributed by atoms with Crippen LogP contribution in [0, 0.1) is 16.0 Å². The highest BCUT2D eigenvalue weighted by molar-refractivity contribution is 5.95. The third-order valence-electron chi connectivity index (χ3n) is 6.50. The van der Waals surface area contributed by atoms with Crippen LogP contribution in [-0.4, -0.2) is 71.8 Å². The molecule has 9 heteroatoms. The third-order valence-corrected chi connectivity index (χ3v) is 6.50. The molecule has 1 aromatic carbocycles. The van der Waals surface area contributed by atoms with Gasteiger partial charge in [-0.2, -0.15) is 0 Å². The van der Waals surface area contributed by atoms with Gasteiger partial charge in [-0.15, -0.1) is 0 Å². The van der Waals surface area contributed by atoms with E-state index in [1.165, 1.54) is 18.9 Å². The molecule has 1 aliphatic heterocycles. The van der Waals surface area contributed by atoms with Crippen LogP contribution in [0.2, 0.25) is 0 Å². The number of nitro groups is 1. The fraction of sp³-hybridized carbons (Fsp3) is 0.636. The number of hydrogen-bond donors (Lipinski definition) is 2. The minimum atomic E-state index is -0.451. The van der Waals surface area contributed by atoms with Gasteiger partial charge < -0.3 is 15.5 Å². The molecule has 2 saturated carbocycles. The molecular weight excluding hydrogens is 398 g/mol. The minimum Gasteiger partial charge on any atom is -0.377 e. The largest absolute Gasteiger partial charge is 0.377 e. The van der Waals surface area contributed by atoms with Gasteiger partial charge in [-0.25, -0.2) is 0 Å². The molecule has 9 nitrogen and oxygen atoms in total. The first-order chi connectivity index (χ1) is 15.0. The maximum absolute atomic E-state index is 12.5. The van der Waals surface area contributed by atoms with Crippen molar-refractivity contribution in [3.05, 3.63) is 33.9 Å². The lowest BCUT2D eigenvalue weighted by Crippen LogP contribution is -2.51. The van der Waals surface area contributed by atoms with E-state index in [9.17, 15) is 19.7 Å². The van der Waals surface area contributed by atoms with E-state index in [0.29, 0.717) is 36.3 Å². The summed E-state index contributed by atoms with van der Waals surface area (Å²) in [6.45, 7) is 4.25. The van der Waals surface area contributed by atoms with Gasteiger partial charge in [0, 0.05) is 62.9 Å². The average molecular weight is 430 g/mol. The molecule has 0 spiro atoms. The number of amides is 2. The summed E-state index contributed by atoms with van der Waals surface area (Å²) in [6, 6.07) is 4.88. The molecule has 0 aromatic heterocycles. The van der Waals surface area contributed by atoms with Gasteiger partial charge in [-0.3, -0.25) is 24.6 Å². The summed E-state index contributed by atoms with van der Waals surface area (Å²) in [7, 11) is 0. The van der Waals surface area contributed by atoms with Crippen molar-refractivity contribution in [3.8, 4) is 0 Å². The first kappa shape index (κ1) is 21.5. The summed E-state index contributed by atoms with van der Waals surface area (Å²) >= 11 is 0. The molecule has 1 aromatic rings. The van der Waals surface area contributed by atoms with Crippen LogP contribution in [0.3, 0.4) is 0 Å². The predicted octanol–water partition coefficient (Wildman–Crippen LogP) is 2.23. The first-order valence-electron chi connectivity index (χ1n) is 11.4. The maximum atomic E-state index is 12.5. The Morgan fingerprint density at radius 3 is 2.42 bits per heavy atom. The second-order valence-corrected chi connectivity index (χ2v) is 8.81. The fourth-order valence-corrected chi connectivity index (χ4v) is 4.45. The predicted molar refractivity (Wildman–Crippen MR) is 117 cm³/mol. The number of benzene rings is 1. The zero-order valence-corrected chi connectivity index (χ0v) is 17.8. The van der Waals surface area contributed by atoms with E-state index in [4.69, 9.17) is 0 Å². The molecule has 0 radical (unpaired) electrons. The third kappa shape index (κ3) is 5.52. The molecule has 2 aliphatic carbocycles. The number of carbonyl (C=O) groups is 2. The van der Waals surface area contributed by atoms with E-state index < -0.39 is 4.92 Å². The lowest BCUT2D eigenvalue weighted by atomic mass is 10.1. The molecule has 2 N–H and O–H groups in total. The summed E-state index contributed by atoms with van der Waals surface area (Å²) in [5, 5.41) is 17.4. The smallest absolute Gasteiger partial charge is 0.293 e. The van der Waals surface area contributed by atoms with Gasteiger partial charge in [0.1, 0.15) is 5.69 Å². The standard InChI is InChI=1S/C22H31N5O4/c28-21(17-5-8-19(24-18-6-7-18)20(15-17)27(30)31)23-9-10-25-11-13-26(14-12-25)22(29)16-3-1-2-4-16/h5,8,15-16,18,24H,1-4,6-7,9-14H2,(H,23,28). The van der Waals surface area contributed by atoms with Gasteiger partial charge in [-0.1, -0.05) is 12.8 Å². The topological polar surface area (TPSA) is 108 Å². The van der Waals surface area contributed by atoms with Crippen LogP contribution in [-0.2, 0) is 4.79 Å². The molecule has 3 aliphatic rings. The second-order valence-electron chi connectivity index (χ2n) is 8.81. The molecule has 1 saturated heterocycles. The van der Waals surface area contributed by atoms with E-state index in [1.807, 2.05) is 4.90 Å². The number of piperazine rings is 1. The molecule has 168 valence electrons.